The van der Waals surface area contributed by atoms with Gasteiger partial charge in [-0.1, -0.05) is 0 Å². The monoisotopic (exact) mass is 195 g/mol. The molecule has 0 atom stereocenters. The van der Waals surface area contributed by atoms with Gasteiger partial charge in [0.1, 0.15) is 0 Å². The van der Waals surface area contributed by atoms with Gasteiger partial charge in [0.15, 0.2) is 17.3 Å². The molecule has 1 radical (unpaired) electrons. The van der Waals surface area contributed by atoms with E-state index in [0.717, 1.165) is 0 Å². The number of Topliss-reactive ketones (excluding diaryl/α,β-unsaturated/α-hetero) is 1. The van der Waals surface area contributed by atoms with Gasteiger partial charge in [-0.3, -0.25) is 4.79 Å². The number of hydrogen-bond donors (Lipinski definition) is 2. The third kappa shape index (κ3) is 1.64. The molecule has 0 aromatic heterocycles. The SMILES string of the molecule is [CH2]CC(=O)c1ccc(O)c(O)c1OC. The molecule has 0 spiro atoms. The molecule has 14 heavy (non-hydrogen) atoms. The maximum Gasteiger partial charge on any atom is 0.201 e. The van der Waals surface area contributed by atoms with Gasteiger partial charge in [0, 0.05) is 6.42 Å². The number of methoxy groups -OCH3 is 1. The van der Waals surface area contributed by atoms with Crippen molar-refractivity contribution < 1.29 is 19.7 Å². The van der Waals surface area contributed by atoms with Gasteiger partial charge >= 0.3 is 0 Å². The summed E-state index contributed by atoms with van der Waals surface area (Å²) < 4.78 is 4.82. The summed E-state index contributed by atoms with van der Waals surface area (Å²) in [6.07, 6.45) is 0.0700. The molecular formula is C10H11O4. The predicted octanol–water partition coefficient (Wildman–Crippen LogP) is 1.51. The van der Waals surface area contributed by atoms with Crippen molar-refractivity contribution in [1.82, 2.24) is 0 Å². The van der Waals surface area contributed by atoms with E-state index >= 15 is 0 Å². The van der Waals surface area contributed by atoms with Crippen LogP contribution in [0.3, 0.4) is 0 Å². The largest absolute Gasteiger partial charge is 0.504 e. The van der Waals surface area contributed by atoms with Crippen LogP contribution in [-0.4, -0.2) is 23.1 Å². The molecule has 0 bridgehead atoms. The number of aromatic hydroxyl groups is 2. The van der Waals surface area contributed by atoms with Gasteiger partial charge < -0.3 is 14.9 Å². The Morgan fingerprint density at radius 3 is 2.64 bits per heavy atom. The van der Waals surface area contributed by atoms with E-state index in [-0.39, 0.29) is 29.3 Å². The van der Waals surface area contributed by atoms with Gasteiger partial charge in [0.25, 0.3) is 0 Å². The summed E-state index contributed by atoms with van der Waals surface area (Å²) in [4.78, 5) is 11.3. The van der Waals surface area contributed by atoms with Gasteiger partial charge in [-0.05, 0) is 19.1 Å². The fraction of sp³-hybridized carbons (Fsp3) is 0.200. The lowest BCUT2D eigenvalue weighted by Gasteiger charge is -2.09. The van der Waals surface area contributed by atoms with Gasteiger partial charge in [0.2, 0.25) is 5.75 Å². The average Bonchev–Trinajstić information content (AvgIpc) is 2.20. The van der Waals surface area contributed by atoms with Crippen molar-refractivity contribution in [2.45, 2.75) is 6.42 Å². The summed E-state index contributed by atoms with van der Waals surface area (Å²) in [7, 11) is 1.31. The van der Waals surface area contributed by atoms with Crippen molar-refractivity contribution in [1.29, 1.82) is 0 Å². The van der Waals surface area contributed by atoms with Crippen LogP contribution in [0, 0.1) is 6.92 Å². The fourth-order valence-corrected chi connectivity index (χ4v) is 1.12. The molecule has 0 unspecified atom stereocenters. The highest BCUT2D eigenvalue weighted by atomic mass is 16.5. The number of hydrogen-bond acceptors (Lipinski definition) is 4. The number of carbonyl (C=O) groups excluding carboxylic acids is 1. The van der Waals surface area contributed by atoms with E-state index in [4.69, 9.17) is 9.84 Å². The van der Waals surface area contributed by atoms with E-state index in [0.29, 0.717) is 0 Å². The standard InChI is InChI=1S/C10H11O4/c1-3-7(11)6-4-5-8(12)9(13)10(6)14-2/h4-5,12-13H,1,3H2,2H3. The van der Waals surface area contributed by atoms with Crippen molar-refractivity contribution in [2.75, 3.05) is 7.11 Å². The smallest absolute Gasteiger partial charge is 0.201 e. The average molecular weight is 195 g/mol. The van der Waals surface area contributed by atoms with E-state index in [9.17, 15) is 9.90 Å². The van der Waals surface area contributed by atoms with Crippen molar-refractivity contribution in [3.63, 3.8) is 0 Å². The summed E-state index contributed by atoms with van der Waals surface area (Å²) in [5, 5.41) is 18.5. The van der Waals surface area contributed by atoms with Crippen LogP contribution in [0.25, 0.3) is 0 Å². The number of rotatable bonds is 3. The van der Waals surface area contributed by atoms with Crippen LogP contribution in [0.4, 0.5) is 0 Å². The van der Waals surface area contributed by atoms with Crippen LogP contribution in [0.15, 0.2) is 12.1 Å². The quantitative estimate of drug-likeness (QED) is 0.566. The molecule has 0 saturated carbocycles. The first-order chi connectivity index (χ1) is 6.61. The zero-order valence-electron chi connectivity index (χ0n) is 7.78. The molecule has 1 aromatic rings. The first kappa shape index (κ1) is 10.4. The lowest BCUT2D eigenvalue weighted by Crippen LogP contribution is -2.00. The van der Waals surface area contributed by atoms with Gasteiger partial charge in [0.05, 0.1) is 12.7 Å². The molecular weight excluding hydrogens is 184 g/mol. The predicted molar refractivity (Wildman–Crippen MR) is 50.6 cm³/mol. The molecule has 4 nitrogen and oxygen atoms in total. The summed E-state index contributed by atoms with van der Waals surface area (Å²) in [5.41, 5.74) is 0.220. The Morgan fingerprint density at radius 2 is 2.14 bits per heavy atom. The van der Waals surface area contributed by atoms with E-state index in [2.05, 4.69) is 6.92 Å². The zero-order chi connectivity index (χ0) is 10.7. The molecule has 1 rings (SSSR count). The van der Waals surface area contributed by atoms with Gasteiger partial charge in [-0.2, -0.15) is 0 Å². The summed E-state index contributed by atoms with van der Waals surface area (Å²) in [5.74, 6) is -1.01. The van der Waals surface area contributed by atoms with Gasteiger partial charge in [-0.25, -0.2) is 0 Å². The van der Waals surface area contributed by atoms with Crippen molar-refractivity contribution in [3.05, 3.63) is 24.6 Å². The minimum absolute atomic E-state index is 0.0151. The Morgan fingerprint density at radius 1 is 1.50 bits per heavy atom. The number of ether oxygens (including phenoxy) is 1. The van der Waals surface area contributed by atoms with Crippen LogP contribution in [-0.2, 0) is 0 Å². The van der Waals surface area contributed by atoms with Gasteiger partial charge in [-0.15, -0.1) is 0 Å². The van der Waals surface area contributed by atoms with Crippen molar-refractivity contribution in [2.24, 2.45) is 0 Å². The number of phenols is 2. The van der Waals surface area contributed by atoms with Crippen molar-refractivity contribution in [3.8, 4) is 17.2 Å². The maximum atomic E-state index is 11.3. The first-order valence-corrected chi connectivity index (χ1v) is 4.03. The maximum absolute atomic E-state index is 11.3. The molecule has 0 saturated heterocycles. The van der Waals surface area contributed by atoms with E-state index in [1.165, 1.54) is 19.2 Å². The molecule has 0 amide bonds. The Hall–Kier alpha value is -1.71. The highest BCUT2D eigenvalue weighted by Gasteiger charge is 2.16. The zero-order valence-corrected chi connectivity index (χ0v) is 7.78. The fourth-order valence-electron chi connectivity index (χ4n) is 1.12. The van der Waals surface area contributed by atoms with Crippen molar-refractivity contribution >= 4 is 5.78 Å². The second-order valence-corrected chi connectivity index (χ2v) is 2.69. The summed E-state index contributed by atoms with van der Waals surface area (Å²) >= 11 is 0. The molecule has 0 aliphatic rings. The Labute approximate surface area is 81.8 Å². The summed E-state index contributed by atoms with van der Waals surface area (Å²) in [6.45, 7) is 3.44. The lowest BCUT2D eigenvalue weighted by atomic mass is 10.1. The molecule has 1 aromatic carbocycles. The molecule has 4 heteroatoms. The third-order valence-corrected chi connectivity index (χ3v) is 1.84. The van der Waals surface area contributed by atoms with Crippen LogP contribution in [0.5, 0.6) is 17.2 Å². The third-order valence-electron chi connectivity index (χ3n) is 1.84. The van der Waals surface area contributed by atoms with Crippen LogP contribution in [0.1, 0.15) is 16.8 Å². The highest BCUT2D eigenvalue weighted by molar-refractivity contribution is 6.00. The minimum atomic E-state index is -0.424. The van der Waals surface area contributed by atoms with E-state index in [1.807, 2.05) is 0 Å². The number of benzene rings is 1. The molecule has 0 fully saturated rings. The second kappa shape index (κ2) is 4.00. The Bertz CT molecular complexity index is 357. The highest BCUT2D eigenvalue weighted by Crippen LogP contribution is 2.38. The molecule has 2 N–H and O–H groups in total. The number of carbonyl (C=O) groups is 1. The molecule has 0 aliphatic heterocycles. The Kier molecular flexibility index (Phi) is 2.96. The minimum Gasteiger partial charge on any atom is -0.504 e. The molecule has 75 valence electrons. The summed E-state index contributed by atoms with van der Waals surface area (Å²) in [6, 6.07) is 2.63. The second-order valence-electron chi connectivity index (χ2n) is 2.69. The number of ketones is 1. The van der Waals surface area contributed by atoms with E-state index < -0.39 is 5.75 Å². The van der Waals surface area contributed by atoms with Crippen LogP contribution >= 0.6 is 0 Å². The first-order valence-electron chi connectivity index (χ1n) is 4.03. The topological polar surface area (TPSA) is 66.8 Å². The number of phenolic OH excluding ortho intramolecular Hbond substituents is 2. The van der Waals surface area contributed by atoms with E-state index in [1.54, 1.807) is 0 Å². The molecule has 0 heterocycles. The lowest BCUT2D eigenvalue weighted by molar-refractivity contribution is 0.0991. The Balaban J connectivity index is 3.31. The molecule has 0 aliphatic carbocycles. The van der Waals surface area contributed by atoms with Crippen LogP contribution in [0.2, 0.25) is 0 Å². The van der Waals surface area contributed by atoms with Crippen LogP contribution < -0.4 is 4.74 Å². The normalized spacial score (nSPS) is 9.86.